The van der Waals surface area contributed by atoms with E-state index in [0.29, 0.717) is 5.56 Å². The van der Waals surface area contributed by atoms with Crippen molar-refractivity contribution in [3.05, 3.63) is 70.4 Å². The molecule has 0 atom stereocenters. The number of carbonyl (C=O) groups excluding carboxylic acids is 1. The molecule has 0 radical (unpaired) electrons. The fourth-order valence-corrected chi connectivity index (χ4v) is 3.14. The maximum atomic E-state index is 12.9. The highest BCUT2D eigenvalue weighted by Gasteiger charge is 2.18. The number of pyridine rings is 1. The minimum absolute atomic E-state index is 0.0884. The van der Waals surface area contributed by atoms with Crippen molar-refractivity contribution < 1.29 is 4.79 Å². The molecule has 0 saturated heterocycles. The van der Waals surface area contributed by atoms with Crippen molar-refractivity contribution in [1.82, 2.24) is 4.98 Å². The molecular weight excluding hydrogens is 296 g/mol. The lowest BCUT2D eigenvalue weighted by atomic mass is 9.99. The first kappa shape index (κ1) is 16.2. The Morgan fingerprint density at radius 3 is 2.54 bits per heavy atom. The number of carbonyl (C=O) groups is 1. The van der Waals surface area contributed by atoms with Crippen LogP contribution in [0, 0.1) is 20.8 Å². The first-order valence-electron chi connectivity index (χ1n) is 8.28. The van der Waals surface area contributed by atoms with E-state index < -0.39 is 0 Å². The lowest BCUT2D eigenvalue weighted by Gasteiger charge is -2.15. The first-order valence-corrected chi connectivity index (χ1v) is 8.28. The van der Waals surface area contributed by atoms with E-state index >= 15 is 0 Å². The molecule has 3 heteroatoms. The molecule has 1 amide bonds. The van der Waals surface area contributed by atoms with Gasteiger partial charge in [0.05, 0.1) is 16.8 Å². The number of hydrogen-bond donors (Lipinski definition) is 1. The summed E-state index contributed by atoms with van der Waals surface area (Å²) in [6.07, 6.45) is 0.724. The quantitative estimate of drug-likeness (QED) is 0.740. The Labute approximate surface area is 142 Å². The van der Waals surface area contributed by atoms with Crippen molar-refractivity contribution in [2.75, 3.05) is 5.32 Å². The maximum absolute atomic E-state index is 12.9. The van der Waals surface area contributed by atoms with Gasteiger partial charge in [0.25, 0.3) is 5.91 Å². The van der Waals surface area contributed by atoms with Crippen LogP contribution in [0.15, 0.2) is 42.5 Å². The molecule has 3 nitrogen and oxygen atoms in total. The number of aromatic nitrogens is 1. The SMILES string of the molecule is CCc1nc2ccccc2c(C)c1C(=O)Nc1ccc(C)cc1C. The van der Waals surface area contributed by atoms with Gasteiger partial charge in [0, 0.05) is 11.1 Å². The van der Waals surface area contributed by atoms with Crippen LogP contribution in [0.1, 0.15) is 39.7 Å². The van der Waals surface area contributed by atoms with Gasteiger partial charge in [-0.1, -0.05) is 42.8 Å². The smallest absolute Gasteiger partial charge is 0.257 e. The topological polar surface area (TPSA) is 42.0 Å². The second kappa shape index (κ2) is 6.44. The lowest BCUT2D eigenvalue weighted by molar-refractivity contribution is 0.102. The number of rotatable bonds is 3. The Morgan fingerprint density at radius 1 is 1.08 bits per heavy atom. The fraction of sp³-hybridized carbons (Fsp3) is 0.238. The molecule has 1 heterocycles. The van der Waals surface area contributed by atoms with Gasteiger partial charge in [-0.05, 0) is 50.5 Å². The highest BCUT2D eigenvalue weighted by atomic mass is 16.1. The third kappa shape index (κ3) is 2.90. The summed E-state index contributed by atoms with van der Waals surface area (Å²) in [5.41, 5.74) is 6.55. The van der Waals surface area contributed by atoms with Gasteiger partial charge < -0.3 is 5.32 Å². The van der Waals surface area contributed by atoms with E-state index in [-0.39, 0.29) is 5.91 Å². The number of anilines is 1. The summed E-state index contributed by atoms with van der Waals surface area (Å²) in [5, 5.41) is 4.08. The molecular formula is C21H22N2O. The minimum atomic E-state index is -0.0884. The van der Waals surface area contributed by atoms with E-state index in [1.807, 2.05) is 64.1 Å². The number of hydrogen-bond acceptors (Lipinski definition) is 2. The highest BCUT2D eigenvalue weighted by molar-refractivity contribution is 6.08. The molecule has 3 aromatic rings. The number of benzene rings is 2. The second-order valence-corrected chi connectivity index (χ2v) is 6.20. The van der Waals surface area contributed by atoms with E-state index in [1.54, 1.807) is 0 Å². The molecule has 0 aliphatic heterocycles. The summed E-state index contributed by atoms with van der Waals surface area (Å²) in [6.45, 7) is 8.09. The van der Waals surface area contributed by atoms with E-state index in [9.17, 15) is 4.79 Å². The third-order valence-electron chi connectivity index (χ3n) is 4.42. The summed E-state index contributed by atoms with van der Waals surface area (Å²) in [5.74, 6) is -0.0884. The van der Waals surface area contributed by atoms with Gasteiger partial charge in [0.15, 0.2) is 0 Å². The molecule has 0 saturated carbocycles. The average molecular weight is 318 g/mol. The summed E-state index contributed by atoms with van der Waals surface area (Å²) >= 11 is 0. The molecule has 0 fully saturated rings. The normalized spacial score (nSPS) is 10.8. The number of fused-ring (bicyclic) bond motifs is 1. The summed E-state index contributed by atoms with van der Waals surface area (Å²) in [6, 6.07) is 14.0. The Bertz CT molecular complexity index is 929. The maximum Gasteiger partial charge on any atom is 0.257 e. The van der Waals surface area contributed by atoms with E-state index in [0.717, 1.165) is 39.8 Å². The fourth-order valence-electron chi connectivity index (χ4n) is 3.14. The van der Waals surface area contributed by atoms with Crippen LogP contribution in [0.25, 0.3) is 10.9 Å². The lowest BCUT2D eigenvalue weighted by Crippen LogP contribution is -2.17. The molecule has 3 rings (SSSR count). The molecule has 0 aliphatic carbocycles. The molecule has 0 spiro atoms. The van der Waals surface area contributed by atoms with Crippen LogP contribution < -0.4 is 5.32 Å². The van der Waals surface area contributed by atoms with Gasteiger partial charge in [-0.2, -0.15) is 0 Å². The number of para-hydroxylation sites is 1. The number of nitrogens with one attached hydrogen (secondary N) is 1. The monoisotopic (exact) mass is 318 g/mol. The zero-order chi connectivity index (χ0) is 17.3. The van der Waals surface area contributed by atoms with Crippen molar-refractivity contribution >= 4 is 22.5 Å². The van der Waals surface area contributed by atoms with Crippen LogP contribution in [-0.2, 0) is 6.42 Å². The van der Waals surface area contributed by atoms with Gasteiger partial charge in [0.1, 0.15) is 0 Å². The van der Waals surface area contributed by atoms with Gasteiger partial charge >= 0.3 is 0 Å². The van der Waals surface area contributed by atoms with E-state index in [2.05, 4.69) is 11.4 Å². The third-order valence-corrected chi connectivity index (χ3v) is 4.42. The van der Waals surface area contributed by atoms with Crippen LogP contribution in [0.4, 0.5) is 5.69 Å². The summed E-state index contributed by atoms with van der Waals surface area (Å²) in [7, 11) is 0. The van der Waals surface area contributed by atoms with Crippen molar-refractivity contribution in [2.24, 2.45) is 0 Å². The zero-order valence-corrected chi connectivity index (χ0v) is 14.6. The Morgan fingerprint density at radius 2 is 1.83 bits per heavy atom. The minimum Gasteiger partial charge on any atom is -0.322 e. The Hall–Kier alpha value is -2.68. The number of nitrogens with zero attached hydrogens (tertiary/aromatic N) is 1. The number of aryl methyl sites for hydroxylation is 4. The highest BCUT2D eigenvalue weighted by Crippen LogP contribution is 2.25. The average Bonchev–Trinajstić information content (AvgIpc) is 2.57. The Kier molecular flexibility index (Phi) is 4.34. The Balaban J connectivity index is 2.07. The predicted molar refractivity (Wildman–Crippen MR) is 99.7 cm³/mol. The van der Waals surface area contributed by atoms with Crippen LogP contribution in [-0.4, -0.2) is 10.9 Å². The van der Waals surface area contributed by atoms with E-state index in [1.165, 1.54) is 5.56 Å². The van der Waals surface area contributed by atoms with Gasteiger partial charge in [0.2, 0.25) is 0 Å². The number of amides is 1. The molecule has 122 valence electrons. The molecule has 2 aromatic carbocycles. The van der Waals surface area contributed by atoms with Crippen LogP contribution in [0.2, 0.25) is 0 Å². The largest absolute Gasteiger partial charge is 0.322 e. The van der Waals surface area contributed by atoms with Crippen LogP contribution in [0.3, 0.4) is 0 Å². The van der Waals surface area contributed by atoms with Crippen molar-refractivity contribution in [1.29, 1.82) is 0 Å². The van der Waals surface area contributed by atoms with Crippen molar-refractivity contribution in [3.63, 3.8) is 0 Å². The summed E-state index contributed by atoms with van der Waals surface area (Å²) < 4.78 is 0. The van der Waals surface area contributed by atoms with Crippen LogP contribution >= 0.6 is 0 Å². The zero-order valence-electron chi connectivity index (χ0n) is 14.6. The molecule has 1 aromatic heterocycles. The van der Waals surface area contributed by atoms with Gasteiger partial charge in [-0.3, -0.25) is 9.78 Å². The van der Waals surface area contributed by atoms with Crippen LogP contribution in [0.5, 0.6) is 0 Å². The summed E-state index contributed by atoms with van der Waals surface area (Å²) in [4.78, 5) is 17.6. The van der Waals surface area contributed by atoms with Crippen molar-refractivity contribution in [2.45, 2.75) is 34.1 Å². The second-order valence-electron chi connectivity index (χ2n) is 6.20. The van der Waals surface area contributed by atoms with Gasteiger partial charge in [-0.15, -0.1) is 0 Å². The molecule has 24 heavy (non-hydrogen) atoms. The molecule has 1 N–H and O–H groups in total. The molecule has 0 aliphatic rings. The predicted octanol–water partition coefficient (Wildman–Crippen LogP) is 4.97. The molecule has 0 unspecified atom stereocenters. The molecule has 0 bridgehead atoms. The van der Waals surface area contributed by atoms with Crippen molar-refractivity contribution in [3.8, 4) is 0 Å². The van der Waals surface area contributed by atoms with Gasteiger partial charge in [-0.25, -0.2) is 0 Å². The van der Waals surface area contributed by atoms with E-state index in [4.69, 9.17) is 4.98 Å². The standard InChI is InChI=1S/C21H22N2O/c1-5-17-20(15(4)16-8-6-7-9-19(16)22-17)21(24)23-18-11-10-13(2)12-14(18)3/h6-12H,5H2,1-4H3,(H,23,24). The first-order chi connectivity index (χ1) is 11.5.